The molecule has 0 saturated carbocycles. The van der Waals surface area contributed by atoms with Gasteiger partial charge in [-0.1, -0.05) is 47.5 Å². The molecule has 1 saturated heterocycles. The molecule has 0 spiro atoms. The van der Waals surface area contributed by atoms with Crippen molar-refractivity contribution < 1.29 is 0 Å². The van der Waals surface area contributed by atoms with E-state index in [1.165, 1.54) is 45.2 Å². The van der Waals surface area contributed by atoms with Gasteiger partial charge in [0.15, 0.2) is 0 Å². The minimum Gasteiger partial charge on any atom is -0.308 e. The largest absolute Gasteiger partial charge is 0.308 e. The van der Waals surface area contributed by atoms with Gasteiger partial charge in [0.2, 0.25) is 0 Å². The number of piperazine rings is 1. The first kappa shape index (κ1) is 17.0. The van der Waals surface area contributed by atoms with Crippen LogP contribution in [0.25, 0.3) is 0 Å². The molecular formula is C17H36N2. The Morgan fingerprint density at radius 3 is 2.11 bits per heavy atom. The Balaban J connectivity index is 2.85. The van der Waals surface area contributed by atoms with Crippen LogP contribution in [0.2, 0.25) is 0 Å². The zero-order valence-electron chi connectivity index (χ0n) is 14.1. The summed E-state index contributed by atoms with van der Waals surface area (Å²) in [4.78, 5) is 2.82. The average molecular weight is 268 g/mol. The Morgan fingerprint density at radius 1 is 1.11 bits per heavy atom. The highest BCUT2D eigenvalue weighted by atomic mass is 15.3. The number of hydrogen-bond acceptors (Lipinski definition) is 2. The van der Waals surface area contributed by atoms with Gasteiger partial charge in [-0.2, -0.15) is 0 Å². The van der Waals surface area contributed by atoms with Crippen LogP contribution in [0.1, 0.15) is 73.6 Å². The first-order valence-corrected chi connectivity index (χ1v) is 8.58. The van der Waals surface area contributed by atoms with Crippen molar-refractivity contribution in [2.45, 2.75) is 91.3 Å². The van der Waals surface area contributed by atoms with Gasteiger partial charge in [0.1, 0.15) is 0 Å². The summed E-state index contributed by atoms with van der Waals surface area (Å²) >= 11 is 0. The minimum absolute atomic E-state index is 0.353. The maximum Gasteiger partial charge on any atom is 0.0304 e. The summed E-state index contributed by atoms with van der Waals surface area (Å²) < 4.78 is 0. The van der Waals surface area contributed by atoms with E-state index in [4.69, 9.17) is 0 Å². The Bertz CT molecular complexity index is 244. The van der Waals surface area contributed by atoms with Gasteiger partial charge < -0.3 is 5.32 Å². The van der Waals surface area contributed by atoms with Crippen LogP contribution in [0.15, 0.2) is 0 Å². The van der Waals surface area contributed by atoms with Crippen LogP contribution in [-0.4, -0.2) is 35.6 Å². The average Bonchev–Trinajstić information content (AvgIpc) is 2.47. The van der Waals surface area contributed by atoms with Crippen LogP contribution in [0.4, 0.5) is 0 Å². The minimum atomic E-state index is 0.353. The highest BCUT2D eigenvalue weighted by molar-refractivity contribution is 4.98. The lowest BCUT2D eigenvalue weighted by Gasteiger charge is -2.51. The van der Waals surface area contributed by atoms with Crippen molar-refractivity contribution in [2.24, 2.45) is 5.92 Å². The van der Waals surface area contributed by atoms with Gasteiger partial charge in [0.05, 0.1) is 0 Å². The van der Waals surface area contributed by atoms with E-state index in [0.717, 1.165) is 18.0 Å². The summed E-state index contributed by atoms with van der Waals surface area (Å²) in [5.41, 5.74) is 0.353. The van der Waals surface area contributed by atoms with Gasteiger partial charge in [0, 0.05) is 30.7 Å². The molecule has 0 aliphatic carbocycles. The standard InChI is InChI=1S/C17H36N2/c1-7-15(8-2)14(6)19-13-17(10-4,11-5)18-12-16(19)9-3/h14-16,18H,7-13H2,1-6H3. The van der Waals surface area contributed by atoms with Crippen molar-refractivity contribution in [3.05, 3.63) is 0 Å². The second-order valence-corrected chi connectivity index (χ2v) is 6.42. The van der Waals surface area contributed by atoms with Crippen molar-refractivity contribution in [3.8, 4) is 0 Å². The van der Waals surface area contributed by atoms with Crippen LogP contribution in [0.3, 0.4) is 0 Å². The highest BCUT2D eigenvalue weighted by Gasteiger charge is 2.39. The molecule has 114 valence electrons. The van der Waals surface area contributed by atoms with E-state index in [1.54, 1.807) is 0 Å². The molecule has 0 aromatic carbocycles. The SMILES string of the molecule is CCC(CC)C(C)N1CC(CC)(CC)NCC1CC. The van der Waals surface area contributed by atoms with E-state index < -0.39 is 0 Å². The van der Waals surface area contributed by atoms with Gasteiger partial charge in [-0.15, -0.1) is 0 Å². The predicted molar refractivity (Wildman–Crippen MR) is 85.6 cm³/mol. The monoisotopic (exact) mass is 268 g/mol. The van der Waals surface area contributed by atoms with Crippen LogP contribution in [0.5, 0.6) is 0 Å². The summed E-state index contributed by atoms with van der Waals surface area (Å²) in [6.07, 6.45) is 6.37. The zero-order chi connectivity index (χ0) is 14.5. The van der Waals surface area contributed by atoms with Crippen molar-refractivity contribution in [1.29, 1.82) is 0 Å². The highest BCUT2D eigenvalue weighted by Crippen LogP contribution is 2.29. The van der Waals surface area contributed by atoms with Crippen LogP contribution in [-0.2, 0) is 0 Å². The van der Waals surface area contributed by atoms with E-state index in [0.29, 0.717) is 5.54 Å². The molecule has 2 nitrogen and oxygen atoms in total. The van der Waals surface area contributed by atoms with Gasteiger partial charge in [0.25, 0.3) is 0 Å². The van der Waals surface area contributed by atoms with Gasteiger partial charge >= 0.3 is 0 Å². The van der Waals surface area contributed by atoms with Crippen molar-refractivity contribution in [2.75, 3.05) is 13.1 Å². The number of nitrogens with zero attached hydrogens (tertiary/aromatic N) is 1. The summed E-state index contributed by atoms with van der Waals surface area (Å²) in [5.74, 6) is 0.846. The molecule has 1 rings (SSSR count). The molecule has 2 unspecified atom stereocenters. The van der Waals surface area contributed by atoms with Crippen LogP contribution in [0, 0.1) is 5.92 Å². The second kappa shape index (κ2) is 7.64. The predicted octanol–water partition coefficient (Wildman–Crippen LogP) is 4.05. The maximum atomic E-state index is 3.85. The number of rotatable bonds is 7. The zero-order valence-corrected chi connectivity index (χ0v) is 14.1. The lowest BCUT2D eigenvalue weighted by Crippen LogP contribution is -2.66. The maximum absolute atomic E-state index is 3.85. The van der Waals surface area contributed by atoms with Crippen molar-refractivity contribution in [3.63, 3.8) is 0 Å². The number of hydrogen-bond donors (Lipinski definition) is 1. The van der Waals surface area contributed by atoms with E-state index in [-0.39, 0.29) is 0 Å². The first-order chi connectivity index (χ1) is 9.07. The fraction of sp³-hybridized carbons (Fsp3) is 1.00. The molecule has 0 aromatic rings. The Hall–Kier alpha value is -0.0800. The van der Waals surface area contributed by atoms with Gasteiger partial charge in [-0.25, -0.2) is 0 Å². The Labute approximate surface area is 121 Å². The first-order valence-electron chi connectivity index (χ1n) is 8.58. The van der Waals surface area contributed by atoms with Gasteiger partial charge in [-0.3, -0.25) is 4.90 Å². The molecule has 2 heteroatoms. The number of nitrogens with one attached hydrogen (secondary N) is 1. The lowest BCUT2D eigenvalue weighted by atomic mass is 9.84. The quantitative estimate of drug-likeness (QED) is 0.749. The molecule has 0 amide bonds. The smallest absolute Gasteiger partial charge is 0.0304 e. The third-order valence-electron chi connectivity index (χ3n) is 5.75. The summed E-state index contributed by atoms with van der Waals surface area (Å²) in [7, 11) is 0. The van der Waals surface area contributed by atoms with E-state index in [1.807, 2.05) is 0 Å². The fourth-order valence-electron chi connectivity index (χ4n) is 3.81. The third kappa shape index (κ3) is 3.72. The molecule has 0 aromatic heterocycles. The molecule has 2 atom stereocenters. The van der Waals surface area contributed by atoms with E-state index >= 15 is 0 Å². The molecule has 0 radical (unpaired) electrons. The molecule has 1 fully saturated rings. The topological polar surface area (TPSA) is 15.3 Å². The van der Waals surface area contributed by atoms with E-state index in [9.17, 15) is 0 Å². The van der Waals surface area contributed by atoms with Crippen LogP contribution < -0.4 is 5.32 Å². The molecule has 1 aliphatic heterocycles. The molecule has 1 aliphatic rings. The van der Waals surface area contributed by atoms with Crippen LogP contribution >= 0.6 is 0 Å². The third-order valence-corrected chi connectivity index (χ3v) is 5.75. The molecule has 0 bridgehead atoms. The molecule has 19 heavy (non-hydrogen) atoms. The van der Waals surface area contributed by atoms with Gasteiger partial charge in [-0.05, 0) is 32.1 Å². The Kier molecular flexibility index (Phi) is 6.82. The second-order valence-electron chi connectivity index (χ2n) is 6.42. The normalized spacial score (nSPS) is 25.7. The summed E-state index contributed by atoms with van der Waals surface area (Å²) in [6, 6.07) is 1.45. The summed E-state index contributed by atoms with van der Waals surface area (Å²) in [5, 5.41) is 3.85. The fourth-order valence-corrected chi connectivity index (χ4v) is 3.81. The molecular weight excluding hydrogens is 232 g/mol. The molecule has 1 N–H and O–H groups in total. The Morgan fingerprint density at radius 2 is 1.68 bits per heavy atom. The van der Waals surface area contributed by atoms with Crippen molar-refractivity contribution in [1.82, 2.24) is 10.2 Å². The molecule has 1 heterocycles. The van der Waals surface area contributed by atoms with E-state index in [2.05, 4.69) is 51.8 Å². The summed E-state index contributed by atoms with van der Waals surface area (Å²) in [6.45, 7) is 16.6. The van der Waals surface area contributed by atoms with Crippen molar-refractivity contribution >= 4 is 0 Å². The lowest BCUT2D eigenvalue weighted by molar-refractivity contribution is 0.0181.